The van der Waals surface area contributed by atoms with E-state index in [-0.39, 0.29) is 6.04 Å². The summed E-state index contributed by atoms with van der Waals surface area (Å²) < 4.78 is 0. The number of rotatable bonds is 4. The van der Waals surface area contributed by atoms with E-state index in [1.807, 2.05) is 49.3 Å². The molecule has 0 unspecified atom stereocenters. The van der Waals surface area contributed by atoms with Crippen LogP contribution < -0.4 is 10.6 Å². The van der Waals surface area contributed by atoms with Gasteiger partial charge >= 0.3 is 0 Å². The minimum absolute atomic E-state index is 0.00994. The van der Waals surface area contributed by atoms with Gasteiger partial charge in [0.2, 0.25) is 0 Å². The van der Waals surface area contributed by atoms with Gasteiger partial charge in [-0.2, -0.15) is 5.26 Å². The molecule has 0 amide bonds. The van der Waals surface area contributed by atoms with Crippen molar-refractivity contribution in [3.05, 3.63) is 53.9 Å². The molecule has 1 aromatic heterocycles. The first-order valence-corrected chi connectivity index (χ1v) is 6.61. The summed E-state index contributed by atoms with van der Waals surface area (Å²) in [6, 6.07) is 13.5. The maximum atomic E-state index is 8.80. The SMILES string of the molecule is CC[C@H](N)c1ccc(N(C)c2ccc(C#N)cc2)cn1. The van der Waals surface area contributed by atoms with Gasteiger partial charge in [0, 0.05) is 18.8 Å². The van der Waals surface area contributed by atoms with Crippen molar-refractivity contribution in [3.63, 3.8) is 0 Å². The number of aromatic nitrogens is 1. The molecular formula is C16H18N4. The zero-order valence-corrected chi connectivity index (χ0v) is 11.7. The lowest BCUT2D eigenvalue weighted by Crippen LogP contribution is -2.13. The molecule has 0 fully saturated rings. The molecule has 20 heavy (non-hydrogen) atoms. The van der Waals surface area contributed by atoms with Crippen LogP contribution in [-0.2, 0) is 0 Å². The van der Waals surface area contributed by atoms with Crippen molar-refractivity contribution in [3.8, 4) is 6.07 Å². The zero-order valence-electron chi connectivity index (χ0n) is 11.7. The average Bonchev–Trinajstić information content (AvgIpc) is 2.53. The molecule has 0 saturated carbocycles. The van der Waals surface area contributed by atoms with E-state index in [2.05, 4.69) is 11.1 Å². The maximum Gasteiger partial charge on any atom is 0.0991 e. The van der Waals surface area contributed by atoms with E-state index in [0.29, 0.717) is 5.56 Å². The number of benzene rings is 1. The summed E-state index contributed by atoms with van der Waals surface area (Å²) >= 11 is 0. The normalized spacial score (nSPS) is 11.7. The maximum absolute atomic E-state index is 8.80. The van der Waals surface area contributed by atoms with E-state index in [0.717, 1.165) is 23.5 Å². The second-order valence-electron chi connectivity index (χ2n) is 4.67. The van der Waals surface area contributed by atoms with Gasteiger partial charge in [0.15, 0.2) is 0 Å². The Labute approximate surface area is 119 Å². The lowest BCUT2D eigenvalue weighted by Gasteiger charge is -2.20. The van der Waals surface area contributed by atoms with Crippen molar-refractivity contribution >= 4 is 11.4 Å². The van der Waals surface area contributed by atoms with Gasteiger partial charge in [0.1, 0.15) is 0 Å². The number of hydrogen-bond donors (Lipinski definition) is 1. The van der Waals surface area contributed by atoms with Crippen LogP contribution in [0.2, 0.25) is 0 Å². The number of nitriles is 1. The zero-order chi connectivity index (χ0) is 14.5. The molecule has 0 radical (unpaired) electrons. The second kappa shape index (κ2) is 6.18. The molecule has 102 valence electrons. The van der Waals surface area contributed by atoms with Crippen molar-refractivity contribution in [2.75, 3.05) is 11.9 Å². The van der Waals surface area contributed by atoms with Gasteiger partial charge < -0.3 is 10.6 Å². The fourth-order valence-corrected chi connectivity index (χ4v) is 1.93. The molecule has 1 atom stereocenters. The summed E-state index contributed by atoms with van der Waals surface area (Å²) in [6.45, 7) is 2.04. The smallest absolute Gasteiger partial charge is 0.0991 e. The second-order valence-corrected chi connectivity index (χ2v) is 4.67. The van der Waals surface area contributed by atoms with Gasteiger partial charge in [-0.3, -0.25) is 4.98 Å². The number of anilines is 2. The van der Waals surface area contributed by atoms with Crippen LogP contribution in [0.5, 0.6) is 0 Å². The first kappa shape index (κ1) is 14.0. The van der Waals surface area contributed by atoms with Gasteiger partial charge in [0.25, 0.3) is 0 Å². The number of nitrogens with two attached hydrogens (primary N) is 1. The molecule has 4 nitrogen and oxygen atoms in total. The predicted octanol–water partition coefficient (Wildman–Crippen LogP) is 3.13. The Balaban J connectivity index is 2.20. The molecule has 2 aromatic rings. The van der Waals surface area contributed by atoms with E-state index in [1.165, 1.54) is 0 Å². The average molecular weight is 266 g/mol. The van der Waals surface area contributed by atoms with Crippen LogP contribution >= 0.6 is 0 Å². The summed E-state index contributed by atoms with van der Waals surface area (Å²) in [4.78, 5) is 6.43. The first-order chi connectivity index (χ1) is 9.65. The standard InChI is InChI=1S/C16H18N4/c1-3-15(18)16-9-8-14(11-19-16)20(2)13-6-4-12(10-17)5-7-13/h4-9,11,15H,3,18H2,1-2H3/t15-/m0/s1. The van der Waals surface area contributed by atoms with Crippen molar-refractivity contribution in [1.82, 2.24) is 4.98 Å². The van der Waals surface area contributed by atoms with Crippen LogP contribution in [0.25, 0.3) is 0 Å². The fraction of sp³-hybridized carbons (Fsp3) is 0.250. The molecule has 2 rings (SSSR count). The van der Waals surface area contributed by atoms with Crippen molar-refractivity contribution in [1.29, 1.82) is 5.26 Å². The topological polar surface area (TPSA) is 65.9 Å². The van der Waals surface area contributed by atoms with Gasteiger partial charge in [-0.1, -0.05) is 6.92 Å². The van der Waals surface area contributed by atoms with Gasteiger partial charge in [-0.25, -0.2) is 0 Å². The van der Waals surface area contributed by atoms with E-state index >= 15 is 0 Å². The van der Waals surface area contributed by atoms with E-state index < -0.39 is 0 Å². The quantitative estimate of drug-likeness (QED) is 0.923. The largest absolute Gasteiger partial charge is 0.343 e. The summed E-state index contributed by atoms with van der Waals surface area (Å²) in [5, 5.41) is 8.80. The number of pyridine rings is 1. The number of hydrogen-bond acceptors (Lipinski definition) is 4. The summed E-state index contributed by atoms with van der Waals surface area (Å²) in [5.41, 5.74) is 9.52. The molecule has 2 N–H and O–H groups in total. The molecule has 0 aliphatic heterocycles. The molecule has 1 heterocycles. The van der Waals surface area contributed by atoms with Crippen molar-refractivity contribution in [2.45, 2.75) is 19.4 Å². The first-order valence-electron chi connectivity index (χ1n) is 6.61. The molecule has 4 heteroatoms. The van der Waals surface area contributed by atoms with Crippen LogP contribution in [-0.4, -0.2) is 12.0 Å². The van der Waals surface area contributed by atoms with Gasteiger partial charge in [0.05, 0.1) is 29.2 Å². The highest BCUT2D eigenvalue weighted by Gasteiger charge is 2.07. The molecule has 0 saturated heterocycles. The van der Waals surface area contributed by atoms with Crippen molar-refractivity contribution in [2.24, 2.45) is 5.73 Å². The Morgan fingerprint density at radius 3 is 2.35 bits per heavy atom. The third-order valence-corrected chi connectivity index (χ3v) is 3.36. The van der Waals surface area contributed by atoms with E-state index in [1.54, 1.807) is 12.1 Å². The Hall–Kier alpha value is -2.38. The Morgan fingerprint density at radius 1 is 1.20 bits per heavy atom. The third-order valence-electron chi connectivity index (χ3n) is 3.36. The Morgan fingerprint density at radius 2 is 1.85 bits per heavy atom. The summed E-state index contributed by atoms with van der Waals surface area (Å²) in [7, 11) is 1.97. The number of nitrogens with zero attached hydrogens (tertiary/aromatic N) is 3. The summed E-state index contributed by atoms with van der Waals surface area (Å²) in [6.07, 6.45) is 2.70. The highest BCUT2D eigenvalue weighted by atomic mass is 15.1. The summed E-state index contributed by atoms with van der Waals surface area (Å²) in [5.74, 6) is 0. The molecule has 0 aliphatic carbocycles. The molecule has 0 spiro atoms. The van der Waals surface area contributed by atoms with Crippen LogP contribution in [0.1, 0.15) is 30.6 Å². The monoisotopic (exact) mass is 266 g/mol. The van der Waals surface area contributed by atoms with E-state index in [4.69, 9.17) is 11.0 Å². The van der Waals surface area contributed by atoms with Crippen LogP contribution in [0.3, 0.4) is 0 Å². The van der Waals surface area contributed by atoms with E-state index in [9.17, 15) is 0 Å². The highest BCUT2D eigenvalue weighted by Crippen LogP contribution is 2.24. The molecule has 1 aromatic carbocycles. The lowest BCUT2D eigenvalue weighted by atomic mass is 10.1. The van der Waals surface area contributed by atoms with Crippen LogP contribution in [0.15, 0.2) is 42.6 Å². The van der Waals surface area contributed by atoms with Gasteiger partial charge in [-0.15, -0.1) is 0 Å². The molecule has 0 aliphatic rings. The highest BCUT2D eigenvalue weighted by molar-refractivity contribution is 5.62. The molecular weight excluding hydrogens is 248 g/mol. The van der Waals surface area contributed by atoms with Crippen LogP contribution in [0, 0.1) is 11.3 Å². The fourth-order valence-electron chi connectivity index (χ4n) is 1.93. The Bertz CT molecular complexity index is 596. The predicted molar refractivity (Wildman–Crippen MR) is 80.7 cm³/mol. The minimum atomic E-state index is -0.00994. The lowest BCUT2D eigenvalue weighted by molar-refractivity contribution is 0.675. The third kappa shape index (κ3) is 2.95. The van der Waals surface area contributed by atoms with Crippen LogP contribution in [0.4, 0.5) is 11.4 Å². The minimum Gasteiger partial charge on any atom is -0.343 e. The molecule has 0 bridgehead atoms. The van der Waals surface area contributed by atoms with Gasteiger partial charge in [-0.05, 0) is 42.8 Å². The van der Waals surface area contributed by atoms with Crippen molar-refractivity contribution < 1.29 is 0 Å². The Kier molecular flexibility index (Phi) is 4.34.